The summed E-state index contributed by atoms with van der Waals surface area (Å²) >= 11 is 0. The molecule has 0 spiro atoms. The van der Waals surface area contributed by atoms with Gasteiger partial charge in [0, 0.05) is 40.0 Å². The third kappa shape index (κ3) is 10.8. The summed E-state index contributed by atoms with van der Waals surface area (Å²) in [5.41, 5.74) is 1.22. The van der Waals surface area contributed by atoms with Crippen molar-refractivity contribution in [1.82, 2.24) is 10.6 Å². The Kier molecular flexibility index (Phi) is 15.1. The molecule has 0 saturated heterocycles. The summed E-state index contributed by atoms with van der Waals surface area (Å²) in [5, 5.41) is 6.57. The first kappa shape index (κ1) is 23.1. The number of guanidine groups is 1. The van der Waals surface area contributed by atoms with E-state index in [1.807, 2.05) is 18.2 Å². The van der Waals surface area contributed by atoms with Gasteiger partial charge >= 0.3 is 0 Å². The fourth-order valence-corrected chi connectivity index (χ4v) is 2.10. The normalized spacial score (nSPS) is 12.4. The van der Waals surface area contributed by atoms with E-state index in [2.05, 4.69) is 41.6 Å². The zero-order chi connectivity index (χ0) is 16.8. The molecule has 1 unspecified atom stereocenters. The molecule has 138 valence electrons. The summed E-state index contributed by atoms with van der Waals surface area (Å²) in [6.45, 7) is 8.10. The van der Waals surface area contributed by atoms with E-state index in [9.17, 15) is 0 Å². The van der Waals surface area contributed by atoms with Gasteiger partial charge in [0.15, 0.2) is 5.96 Å². The second kappa shape index (κ2) is 15.7. The van der Waals surface area contributed by atoms with Crippen molar-refractivity contribution in [2.24, 2.45) is 4.99 Å². The van der Waals surface area contributed by atoms with Crippen LogP contribution in [0.15, 0.2) is 35.3 Å². The second-order valence-electron chi connectivity index (χ2n) is 5.31. The molecule has 5 nitrogen and oxygen atoms in total. The van der Waals surface area contributed by atoms with Crippen LogP contribution in [-0.2, 0) is 9.47 Å². The van der Waals surface area contributed by atoms with Crippen LogP contribution in [0.3, 0.4) is 0 Å². The van der Waals surface area contributed by atoms with E-state index in [1.165, 1.54) is 5.56 Å². The van der Waals surface area contributed by atoms with Crippen LogP contribution in [0.4, 0.5) is 0 Å². The van der Waals surface area contributed by atoms with Crippen molar-refractivity contribution in [3.8, 4) is 0 Å². The van der Waals surface area contributed by atoms with Crippen LogP contribution in [0, 0.1) is 0 Å². The van der Waals surface area contributed by atoms with Crippen LogP contribution < -0.4 is 10.6 Å². The van der Waals surface area contributed by atoms with Gasteiger partial charge in [0.1, 0.15) is 0 Å². The smallest absolute Gasteiger partial charge is 0.191 e. The number of benzene rings is 1. The lowest BCUT2D eigenvalue weighted by molar-refractivity contribution is 0.0646. The molecule has 0 aliphatic rings. The summed E-state index contributed by atoms with van der Waals surface area (Å²) in [6, 6.07) is 10.3. The molecule has 0 fully saturated rings. The Morgan fingerprint density at radius 1 is 1.12 bits per heavy atom. The standard InChI is InChI=1S/C18H31N3O2.HI/c1-4-19-18(20-12-8-14-22-3)21-13-9-15-23-16(2)17-10-6-5-7-11-17;/h5-7,10-11,16H,4,8-9,12-15H2,1-3H3,(H2,19,20,21);1H. The first-order valence-corrected chi connectivity index (χ1v) is 8.45. The predicted octanol–water partition coefficient (Wildman–Crippen LogP) is 3.36. The maximum Gasteiger partial charge on any atom is 0.191 e. The molecule has 1 atom stereocenters. The van der Waals surface area contributed by atoms with Crippen LogP contribution in [0.1, 0.15) is 38.4 Å². The maximum absolute atomic E-state index is 5.87. The Labute approximate surface area is 163 Å². The maximum atomic E-state index is 5.87. The minimum Gasteiger partial charge on any atom is -0.385 e. The van der Waals surface area contributed by atoms with Gasteiger partial charge in [0.2, 0.25) is 0 Å². The van der Waals surface area contributed by atoms with Gasteiger partial charge in [0.25, 0.3) is 0 Å². The monoisotopic (exact) mass is 449 g/mol. The number of hydrogen-bond donors (Lipinski definition) is 2. The molecule has 1 aromatic rings. The lowest BCUT2D eigenvalue weighted by atomic mass is 10.1. The molecule has 0 saturated carbocycles. The summed E-state index contributed by atoms with van der Waals surface area (Å²) in [6.07, 6.45) is 2.01. The molecule has 0 radical (unpaired) electrons. The van der Waals surface area contributed by atoms with Gasteiger partial charge in [-0.15, -0.1) is 24.0 Å². The molecule has 1 rings (SSSR count). The zero-order valence-corrected chi connectivity index (χ0v) is 17.4. The summed E-state index contributed by atoms with van der Waals surface area (Å²) in [5.74, 6) is 0.861. The van der Waals surface area contributed by atoms with Gasteiger partial charge in [-0.3, -0.25) is 4.99 Å². The topological polar surface area (TPSA) is 54.9 Å². The first-order chi connectivity index (χ1) is 11.3. The molecule has 24 heavy (non-hydrogen) atoms. The number of ether oxygens (including phenoxy) is 2. The van der Waals surface area contributed by atoms with E-state index in [1.54, 1.807) is 7.11 Å². The van der Waals surface area contributed by atoms with Crippen LogP contribution in [0.2, 0.25) is 0 Å². The van der Waals surface area contributed by atoms with Crippen molar-refractivity contribution >= 4 is 29.9 Å². The number of nitrogens with zero attached hydrogens (tertiary/aromatic N) is 1. The highest BCUT2D eigenvalue weighted by atomic mass is 127. The lowest BCUT2D eigenvalue weighted by Crippen LogP contribution is -2.38. The number of rotatable bonds is 11. The largest absolute Gasteiger partial charge is 0.385 e. The molecule has 0 aromatic heterocycles. The van der Waals surface area contributed by atoms with E-state index >= 15 is 0 Å². The molecule has 0 bridgehead atoms. The van der Waals surface area contributed by atoms with Crippen molar-refractivity contribution < 1.29 is 9.47 Å². The van der Waals surface area contributed by atoms with E-state index in [0.29, 0.717) is 0 Å². The van der Waals surface area contributed by atoms with E-state index in [0.717, 1.165) is 51.6 Å². The summed E-state index contributed by atoms with van der Waals surface area (Å²) < 4.78 is 10.9. The van der Waals surface area contributed by atoms with E-state index < -0.39 is 0 Å². The fourth-order valence-electron chi connectivity index (χ4n) is 2.10. The molecular formula is C18H32IN3O2. The lowest BCUT2D eigenvalue weighted by Gasteiger charge is -2.14. The van der Waals surface area contributed by atoms with Gasteiger partial charge in [-0.2, -0.15) is 0 Å². The van der Waals surface area contributed by atoms with Gasteiger partial charge in [-0.25, -0.2) is 0 Å². The number of aliphatic imine (C=N–C) groups is 1. The van der Waals surface area contributed by atoms with Crippen molar-refractivity contribution in [3.63, 3.8) is 0 Å². The van der Waals surface area contributed by atoms with Gasteiger partial charge < -0.3 is 20.1 Å². The Balaban J connectivity index is 0.00000529. The van der Waals surface area contributed by atoms with Gasteiger partial charge in [-0.1, -0.05) is 30.3 Å². The average molecular weight is 449 g/mol. The molecule has 0 amide bonds. The third-order valence-corrected chi connectivity index (χ3v) is 3.37. The Morgan fingerprint density at radius 2 is 1.88 bits per heavy atom. The number of methoxy groups -OCH3 is 1. The van der Waals surface area contributed by atoms with Gasteiger partial charge in [0.05, 0.1) is 6.10 Å². The highest BCUT2D eigenvalue weighted by Crippen LogP contribution is 2.15. The van der Waals surface area contributed by atoms with Crippen LogP contribution in [-0.4, -0.2) is 45.9 Å². The highest BCUT2D eigenvalue weighted by molar-refractivity contribution is 14.0. The molecule has 2 N–H and O–H groups in total. The minimum atomic E-state index is 0. The molecule has 0 aliphatic carbocycles. The summed E-state index contributed by atoms with van der Waals surface area (Å²) in [7, 11) is 1.71. The Bertz CT molecular complexity index is 430. The molecule has 1 aromatic carbocycles. The number of hydrogen-bond acceptors (Lipinski definition) is 3. The molecular weight excluding hydrogens is 417 g/mol. The van der Waals surface area contributed by atoms with Crippen LogP contribution in [0.5, 0.6) is 0 Å². The second-order valence-corrected chi connectivity index (χ2v) is 5.31. The average Bonchev–Trinajstić information content (AvgIpc) is 2.58. The SMILES string of the molecule is CCNC(=NCCCOC)NCCCOC(C)c1ccccc1.I. The van der Waals surface area contributed by atoms with Crippen LogP contribution >= 0.6 is 24.0 Å². The predicted molar refractivity (Wildman–Crippen MR) is 111 cm³/mol. The van der Waals surface area contributed by atoms with E-state index in [4.69, 9.17) is 9.47 Å². The van der Waals surface area contributed by atoms with E-state index in [-0.39, 0.29) is 30.1 Å². The quantitative estimate of drug-likeness (QED) is 0.236. The fraction of sp³-hybridized carbons (Fsp3) is 0.611. The summed E-state index contributed by atoms with van der Waals surface area (Å²) in [4.78, 5) is 4.50. The Hall–Kier alpha value is -0.860. The van der Waals surface area contributed by atoms with Gasteiger partial charge in [-0.05, 0) is 32.3 Å². The van der Waals surface area contributed by atoms with Crippen molar-refractivity contribution in [2.45, 2.75) is 32.8 Å². The molecule has 0 heterocycles. The van der Waals surface area contributed by atoms with Crippen molar-refractivity contribution in [2.75, 3.05) is 40.0 Å². The third-order valence-electron chi connectivity index (χ3n) is 3.37. The highest BCUT2D eigenvalue weighted by Gasteiger charge is 2.04. The van der Waals surface area contributed by atoms with Crippen LogP contribution in [0.25, 0.3) is 0 Å². The first-order valence-electron chi connectivity index (χ1n) is 8.45. The minimum absolute atomic E-state index is 0. The van der Waals surface area contributed by atoms with Crippen molar-refractivity contribution in [3.05, 3.63) is 35.9 Å². The Morgan fingerprint density at radius 3 is 2.54 bits per heavy atom. The molecule has 0 aliphatic heterocycles. The number of halogens is 1. The molecule has 6 heteroatoms. The zero-order valence-electron chi connectivity index (χ0n) is 15.1. The van der Waals surface area contributed by atoms with Crippen molar-refractivity contribution in [1.29, 1.82) is 0 Å². The number of nitrogens with one attached hydrogen (secondary N) is 2.